The lowest BCUT2D eigenvalue weighted by Gasteiger charge is -2.26. The molecule has 1 amide bonds. The van der Waals surface area contributed by atoms with Crippen molar-refractivity contribution < 1.29 is 27.5 Å². The monoisotopic (exact) mass is 396 g/mol. The lowest BCUT2D eigenvalue weighted by Crippen LogP contribution is -2.42. The number of nitrogens with zero attached hydrogens (tertiary/aromatic N) is 1. The van der Waals surface area contributed by atoms with Gasteiger partial charge in [-0.05, 0) is 12.1 Å². The summed E-state index contributed by atoms with van der Waals surface area (Å²) in [6.07, 6.45) is 0. The molecule has 0 bridgehead atoms. The topological polar surface area (TPSA) is 116 Å². The average molecular weight is 397 g/mol. The first-order valence-electron chi connectivity index (χ1n) is 6.74. The summed E-state index contributed by atoms with van der Waals surface area (Å²) in [6.45, 7) is 1.16. The number of hydrogen-bond donors (Lipinski definition) is 1. The van der Waals surface area contributed by atoms with Gasteiger partial charge in [-0.3, -0.25) is 4.79 Å². The van der Waals surface area contributed by atoms with Crippen molar-refractivity contribution in [2.75, 3.05) is 32.9 Å². The number of carbonyl (C=O) groups excluding carboxylic acids is 2. The SMILES string of the molecule is NS(=O)(=O)c1cc(C(=O)OCC(=O)N2CCOCC2)c(Cl)cc1Cl. The van der Waals surface area contributed by atoms with Gasteiger partial charge in [0.25, 0.3) is 5.91 Å². The summed E-state index contributed by atoms with van der Waals surface area (Å²) in [4.78, 5) is 25.0. The molecule has 11 heteroatoms. The zero-order valence-corrected chi connectivity index (χ0v) is 14.7. The first-order valence-corrected chi connectivity index (χ1v) is 9.05. The van der Waals surface area contributed by atoms with E-state index in [0.717, 1.165) is 12.1 Å². The molecule has 24 heavy (non-hydrogen) atoms. The standard InChI is InChI=1S/C13H14Cl2N2O6S/c14-9-6-10(15)11(24(16,20)21)5-8(9)13(19)23-7-12(18)17-1-3-22-4-2-17/h5-6H,1-4,7H2,(H2,16,20,21). The fraction of sp³-hybridized carbons (Fsp3) is 0.385. The van der Waals surface area contributed by atoms with Crippen molar-refractivity contribution in [2.24, 2.45) is 5.14 Å². The fourth-order valence-corrected chi connectivity index (χ4v) is 3.41. The smallest absolute Gasteiger partial charge is 0.340 e. The third kappa shape index (κ3) is 4.58. The Morgan fingerprint density at radius 3 is 2.42 bits per heavy atom. The number of sulfonamides is 1. The Hall–Kier alpha value is -1.39. The van der Waals surface area contributed by atoms with Gasteiger partial charge in [0.1, 0.15) is 4.90 Å². The number of benzene rings is 1. The van der Waals surface area contributed by atoms with E-state index in [4.69, 9.17) is 37.8 Å². The molecule has 1 saturated heterocycles. The van der Waals surface area contributed by atoms with Gasteiger partial charge in [0.05, 0.1) is 28.8 Å². The summed E-state index contributed by atoms with van der Waals surface area (Å²) in [5.74, 6) is -1.34. The zero-order chi connectivity index (χ0) is 17.9. The van der Waals surface area contributed by atoms with Gasteiger partial charge in [0.2, 0.25) is 10.0 Å². The van der Waals surface area contributed by atoms with Gasteiger partial charge in [-0.25, -0.2) is 18.4 Å². The normalized spacial score (nSPS) is 15.2. The molecule has 2 rings (SSSR count). The number of primary sulfonamides is 1. The summed E-state index contributed by atoms with van der Waals surface area (Å²) >= 11 is 11.6. The molecule has 0 radical (unpaired) electrons. The van der Waals surface area contributed by atoms with Crippen molar-refractivity contribution in [3.05, 3.63) is 27.7 Å². The molecular formula is C13H14Cl2N2O6S. The van der Waals surface area contributed by atoms with E-state index in [1.165, 1.54) is 4.90 Å². The molecule has 1 aromatic carbocycles. The number of esters is 1. The van der Waals surface area contributed by atoms with Gasteiger partial charge in [-0.1, -0.05) is 23.2 Å². The van der Waals surface area contributed by atoms with Crippen molar-refractivity contribution in [3.8, 4) is 0 Å². The Morgan fingerprint density at radius 2 is 1.83 bits per heavy atom. The lowest BCUT2D eigenvalue weighted by atomic mass is 10.2. The third-order valence-corrected chi connectivity index (χ3v) is 4.93. The Morgan fingerprint density at radius 1 is 1.21 bits per heavy atom. The van der Waals surface area contributed by atoms with Gasteiger partial charge >= 0.3 is 5.97 Å². The van der Waals surface area contributed by atoms with Crippen LogP contribution < -0.4 is 5.14 Å². The Bertz CT molecular complexity index is 762. The van der Waals surface area contributed by atoms with Crippen LogP contribution in [0.4, 0.5) is 0 Å². The van der Waals surface area contributed by atoms with Crippen LogP contribution in [-0.4, -0.2) is 58.1 Å². The maximum atomic E-state index is 12.1. The summed E-state index contributed by atoms with van der Waals surface area (Å²) in [5.41, 5.74) is -0.250. The first-order chi connectivity index (χ1) is 11.2. The Labute approximate surface area is 148 Å². The molecule has 1 aliphatic rings. The second kappa shape index (κ2) is 7.66. The van der Waals surface area contributed by atoms with E-state index in [9.17, 15) is 18.0 Å². The molecule has 0 aliphatic carbocycles. The van der Waals surface area contributed by atoms with E-state index in [2.05, 4.69) is 0 Å². The van der Waals surface area contributed by atoms with Crippen LogP contribution >= 0.6 is 23.2 Å². The molecule has 1 aliphatic heterocycles. The van der Waals surface area contributed by atoms with Gasteiger partial charge in [0.15, 0.2) is 6.61 Å². The lowest BCUT2D eigenvalue weighted by molar-refractivity contribution is -0.138. The van der Waals surface area contributed by atoms with Crippen LogP contribution in [0.15, 0.2) is 17.0 Å². The minimum absolute atomic E-state index is 0.115. The zero-order valence-electron chi connectivity index (χ0n) is 12.3. The van der Waals surface area contributed by atoms with Crippen LogP contribution in [0.1, 0.15) is 10.4 Å². The second-order valence-corrected chi connectivity index (χ2v) is 7.22. The highest BCUT2D eigenvalue weighted by molar-refractivity contribution is 7.89. The molecule has 8 nitrogen and oxygen atoms in total. The maximum Gasteiger partial charge on any atom is 0.340 e. The van der Waals surface area contributed by atoms with E-state index in [-0.39, 0.29) is 21.5 Å². The third-order valence-electron chi connectivity index (χ3n) is 3.24. The van der Waals surface area contributed by atoms with Crippen molar-refractivity contribution in [3.63, 3.8) is 0 Å². The summed E-state index contributed by atoms with van der Waals surface area (Å²) in [5, 5.41) is 4.68. The molecular weight excluding hydrogens is 383 g/mol. The molecule has 0 unspecified atom stereocenters. The van der Waals surface area contributed by atoms with Crippen LogP contribution in [0, 0.1) is 0 Å². The van der Waals surface area contributed by atoms with Gasteiger partial charge in [0, 0.05) is 13.1 Å². The van der Waals surface area contributed by atoms with Crippen LogP contribution in [0.5, 0.6) is 0 Å². The van der Waals surface area contributed by atoms with E-state index < -0.39 is 27.5 Å². The van der Waals surface area contributed by atoms with E-state index >= 15 is 0 Å². The van der Waals surface area contributed by atoms with Gasteiger partial charge in [-0.2, -0.15) is 0 Å². The number of carbonyl (C=O) groups is 2. The van der Waals surface area contributed by atoms with E-state index in [1.807, 2.05) is 0 Å². The molecule has 0 spiro atoms. The Balaban J connectivity index is 2.10. The highest BCUT2D eigenvalue weighted by Gasteiger charge is 2.23. The number of halogens is 2. The number of hydrogen-bond acceptors (Lipinski definition) is 6. The van der Waals surface area contributed by atoms with Gasteiger partial charge < -0.3 is 14.4 Å². The largest absolute Gasteiger partial charge is 0.452 e. The van der Waals surface area contributed by atoms with E-state index in [0.29, 0.717) is 26.3 Å². The van der Waals surface area contributed by atoms with E-state index in [1.54, 1.807) is 0 Å². The molecule has 1 aromatic rings. The molecule has 0 saturated carbocycles. The molecule has 0 atom stereocenters. The molecule has 1 heterocycles. The van der Waals surface area contributed by atoms with Gasteiger partial charge in [-0.15, -0.1) is 0 Å². The number of morpholine rings is 1. The van der Waals surface area contributed by atoms with Crippen molar-refractivity contribution >= 4 is 45.1 Å². The van der Waals surface area contributed by atoms with Crippen molar-refractivity contribution in [1.82, 2.24) is 4.90 Å². The number of ether oxygens (including phenoxy) is 2. The number of amides is 1. The number of rotatable bonds is 4. The predicted octanol–water partition coefficient (Wildman–Crippen LogP) is 0.656. The quantitative estimate of drug-likeness (QED) is 0.747. The maximum absolute atomic E-state index is 12.1. The first kappa shape index (κ1) is 18.9. The van der Waals surface area contributed by atoms with Crippen LogP contribution in [0.25, 0.3) is 0 Å². The summed E-state index contributed by atoms with van der Waals surface area (Å²) < 4.78 is 32.9. The molecule has 2 N–H and O–H groups in total. The Kier molecular flexibility index (Phi) is 6.05. The summed E-state index contributed by atoms with van der Waals surface area (Å²) in [6, 6.07) is 1.99. The molecule has 132 valence electrons. The summed E-state index contributed by atoms with van der Waals surface area (Å²) in [7, 11) is -4.14. The van der Waals surface area contributed by atoms with Crippen molar-refractivity contribution in [2.45, 2.75) is 4.90 Å². The molecule has 0 aromatic heterocycles. The van der Waals surface area contributed by atoms with Crippen LogP contribution in [0.3, 0.4) is 0 Å². The van der Waals surface area contributed by atoms with Crippen LogP contribution in [0.2, 0.25) is 10.0 Å². The minimum Gasteiger partial charge on any atom is -0.452 e. The highest BCUT2D eigenvalue weighted by Crippen LogP contribution is 2.28. The van der Waals surface area contributed by atoms with Crippen LogP contribution in [-0.2, 0) is 24.3 Å². The number of nitrogens with two attached hydrogens (primary N) is 1. The predicted molar refractivity (Wildman–Crippen MR) is 85.5 cm³/mol. The van der Waals surface area contributed by atoms with Crippen molar-refractivity contribution in [1.29, 1.82) is 0 Å². The second-order valence-electron chi connectivity index (χ2n) is 4.88. The highest BCUT2D eigenvalue weighted by atomic mass is 35.5. The molecule has 1 fully saturated rings. The fourth-order valence-electron chi connectivity index (χ4n) is 2.01. The average Bonchev–Trinajstić information content (AvgIpc) is 2.52. The minimum atomic E-state index is -4.14.